The lowest BCUT2D eigenvalue weighted by atomic mass is 9.75. The Balaban J connectivity index is 0.000000758. The number of rotatable bonds is 1. The summed E-state index contributed by atoms with van der Waals surface area (Å²) in [6, 6.07) is 0. The summed E-state index contributed by atoms with van der Waals surface area (Å²) in [6.45, 7) is 2.54. The van der Waals surface area contributed by atoms with Gasteiger partial charge in [-0.15, -0.1) is 0 Å². The largest absolute Gasteiger partial charge is 0.483 e. The van der Waals surface area contributed by atoms with Crippen molar-refractivity contribution in [1.29, 1.82) is 0 Å². The number of aliphatic hydroxyl groups is 2. The summed E-state index contributed by atoms with van der Waals surface area (Å²) in [6.07, 6.45) is 2.67. The average molecular weight is 369 g/mol. The van der Waals surface area contributed by atoms with E-state index in [4.69, 9.17) is 14.6 Å². The van der Waals surface area contributed by atoms with Crippen molar-refractivity contribution in [3.05, 3.63) is 28.4 Å². The summed E-state index contributed by atoms with van der Waals surface area (Å²) in [4.78, 5) is 39.6. The fourth-order valence-electron chi connectivity index (χ4n) is 3.37. The number of nitrogens with one attached hydrogen (secondary N) is 1. The zero-order valence-electron chi connectivity index (χ0n) is 14.4. The molecule has 4 N–H and O–H groups in total. The average Bonchev–Trinajstić information content (AvgIpc) is 2.61. The van der Waals surface area contributed by atoms with Gasteiger partial charge >= 0.3 is 0 Å². The van der Waals surface area contributed by atoms with Crippen molar-refractivity contribution < 1.29 is 29.6 Å². The third kappa shape index (κ3) is 4.09. The lowest BCUT2D eigenvalue weighted by Gasteiger charge is -2.51. The molecule has 3 rings (SSSR count). The zero-order chi connectivity index (χ0) is 19.4. The van der Waals surface area contributed by atoms with Crippen LogP contribution in [0.15, 0.2) is 17.2 Å². The van der Waals surface area contributed by atoms with Crippen LogP contribution >= 0.6 is 0 Å². The Labute approximate surface area is 149 Å². The van der Waals surface area contributed by atoms with E-state index in [1.165, 1.54) is 6.20 Å². The van der Waals surface area contributed by atoms with E-state index in [2.05, 4.69) is 9.97 Å². The number of carbonyl (C=O) groups excluding carboxylic acids is 1. The fraction of sp³-hybridized carbons (Fsp3) is 0.625. The molecule has 0 saturated carbocycles. The number of aliphatic hydroxyl groups excluding tert-OH is 1. The van der Waals surface area contributed by atoms with Gasteiger partial charge in [0.05, 0.1) is 18.4 Å². The quantitative estimate of drug-likeness (QED) is 0.459. The van der Waals surface area contributed by atoms with Gasteiger partial charge in [0.2, 0.25) is 0 Å². The molecule has 0 unspecified atom stereocenters. The number of hydrogen-bond donors (Lipinski definition) is 4. The highest BCUT2D eigenvalue weighted by Crippen LogP contribution is 2.39. The van der Waals surface area contributed by atoms with Gasteiger partial charge < -0.3 is 29.9 Å². The summed E-state index contributed by atoms with van der Waals surface area (Å²) in [7, 11) is 0. The van der Waals surface area contributed by atoms with Crippen molar-refractivity contribution in [2.24, 2.45) is 0 Å². The highest BCUT2D eigenvalue weighted by Gasteiger charge is 2.52. The lowest BCUT2D eigenvalue weighted by Crippen LogP contribution is -2.64. The van der Waals surface area contributed by atoms with Crippen molar-refractivity contribution in [2.45, 2.75) is 43.5 Å². The first-order chi connectivity index (χ1) is 12.3. The van der Waals surface area contributed by atoms with Crippen molar-refractivity contribution >= 4 is 12.4 Å². The molecule has 2 atom stereocenters. The van der Waals surface area contributed by atoms with Crippen molar-refractivity contribution in [1.82, 2.24) is 14.9 Å². The molecule has 10 heteroatoms. The summed E-state index contributed by atoms with van der Waals surface area (Å²) in [5, 5.41) is 27.6. The van der Waals surface area contributed by atoms with Gasteiger partial charge in [-0.1, -0.05) is 0 Å². The maximum Gasteiger partial charge on any atom is 0.290 e. The second-order valence-corrected chi connectivity index (χ2v) is 6.62. The van der Waals surface area contributed by atoms with Crippen molar-refractivity contribution in [3.63, 3.8) is 0 Å². The number of nitrogens with zero attached hydrogens (tertiary/aromatic N) is 2. The summed E-state index contributed by atoms with van der Waals surface area (Å²) < 4.78 is 5.79. The maximum atomic E-state index is 12.4. The number of aromatic nitrogens is 2. The van der Waals surface area contributed by atoms with Gasteiger partial charge in [-0.3, -0.25) is 14.4 Å². The zero-order valence-corrected chi connectivity index (χ0v) is 14.4. The molecular weight excluding hydrogens is 346 g/mol. The minimum atomic E-state index is -1.18. The van der Waals surface area contributed by atoms with E-state index in [1.807, 2.05) is 0 Å². The van der Waals surface area contributed by atoms with Crippen LogP contribution < -0.4 is 5.56 Å². The first kappa shape index (κ1) is 20.0. The van der Waals surface area contributed by atoms with Gasteiger partial charge in [-0.05, 0) is 19.8 Å². The Morgan fingerprint density at radius 3 is 2.58 bits per heavy atom. The number of aromatic amines is 1. The maximum absolute atomic E-state index is 12.4. The van der Waals surface area contributed by atoms with Gasteiger partial charge in [-0.2, -0.15) is 0 Å². The van der Waals surface area contributed by atoms with Crippen LogP contribution in [0.5, 0.6) is 0 Å². The van der Waals surface area contributed by atoms with E-state index in [0.717, 1.165) is 6.20 Å². The van der Waals surface area contributed by atoms with Crippen LogP contribution in [-0.2, 0) is 9.53 Å². The Hall–Kier alpha value is -2.30. The Bertz CT molecular complexity index is 675. The van der Waals surface area contributed by atoms with Crippen LogP contribution in [0, 0.1) is 0 Å². The highest BCUT2D eigenvalue weighted by molar-refractivity contribution is 5.92. The van der Waals surface area contributed by atoms with Gasteiger partial charge in [0.15, 0.2) is 0 Å². The number of ether oxygens (including phenoxy) is 1. The van der Waals surface area contributed by atoms with Crippen molar-refractivity contribution in [3.8, 4) is 0 Å². The predicted octanol–water partition coefficient (Wildman–Crippen LogP) is -1.02. The van der Waals surface area contributed by atoms with Crippen LogP contribution in [-0.4, -0.2) is 79.6 Å². The minimum Gasteiger partial charge on any atom is -0.483 e. The van der Waals surface area contributed by atoms with E-state index in [0.29, 0.717) is 39.0 Å². The standard InChI is InChI=1S/C15H21N3O5.CH2O2/c1-14(22)4-7-23-15(13(14)21)2-5-18(6-3-15)12(20)10-8-17-11(19)9-16-10;2-1-3/h8-9,13,21-22H,2-7H2,1H3,(H,17,19);1H,(H,2,3)/t13-,14+;/m0./s1. The molecule has 2 aliphatic heterocycles. The normalized spacial score (nSPS) is 27.3. The number of H-pyrrole nitrogens is 1. The molecule has 2 fully saturated rings. The summed E-state index contributed by atoms with van der Waals surface area (Å²) in [5.41, 5.74) is -2.17. The van der Waals surface area contributed by atoms with E-state index in [9.17, 15) is 19.8 Å². The molecule has 0 aliphatic carbocycles. The van der Waals surface area contributed by atoms with Crippen LogP contribution in [0.2, 0.25) is 0 Å². The molecule has 2 aliphatic rings. The molecule has 1 amide bonds. The van der Waals surface area contributed by atoms with Crippen LogP contribution in [0.25, 0.3) is 0 Å². The topological polar surface area (TPSA) is 153 Å². The molecule has 10 nitrogen and oxygen atoms in total. The molecule has 144 valence electrons. The lowest BCUT2D eigenvalue weighted by molar-refractivity contribution is -0.244. The second kappa shape index (κ2) is 7.94. The van der Waals surface area contributed by atoms with E-state index in [-0.39, 0.29) is 23.6 Å². The highest BCUT2D eigenvalue weighted by atomic mass is 16.5. The Morgan fingerprint density at radius 2 is 2.04 bits per heavy atom. The smallest absolute Gasteiger partial charge is 0.290 e. The van der Waals surface area contributed by atoms with Gasteiger partial charge in [0.25, 0.3) is 17.9 Å². The van der Waals surface area contributed by atoms with Crippen LogP contribution in [0.4, 0.5) is 0 Å². The molecule has 26 heavy (non-hydrogen) atoms. The first-order valence-electron chi connectivity index (χ1n) is 8.22. The third-order valence-corrected chi connectivity index (χ3v) is 4.87. The Morgan fingerprint density at radius 1 is 1.42 bits per heavy atom. The Kier molecular flexibility index (Phi) is 6.11. The fourth-order valence-corrected chi connectivity index (χ4v) is 3.37. The summed E-state index contributed by atoms with van der Waals surface area (Å²) >= 11 is 0. The molecule has 1 aromatic rings. The number of likely N-dealkylation sites (tertiary alicyclic amines) is 1. The SMILES string of the molecule is C[C@@]1(O)CCOC2(CCN(C(=O)c3c[nH]c(=O)cn3)CC2)[C@H]1O.O=CO. The van der Waals surface area contributed by atoms with Gasteiger partial charge in [-0.25, -0.2) is 4.98 Å². The number of hydrogen-bond acceptors (Lipinski definition) is 7. The number of carbonyl (C=O) groups is 2. The second-order valence-electron chi connectivity index (χ2n) is 6.62. The molecule has 0 radical (unpaired) electrons. The van der Waals surface area contributed by atoms with Crippen LogP contribution in [0.1, 0.15) is 36.7 Å². The monoisotopic (exact) mass is 369 g/mol. The molecule has 0 aromatic carbocycles. The minimum absolute atomic E-state index is 0.178. The van der Waals surface area contributed by atoms with E-state index in [1.54, 1.807) is 11.8 Å². The molecular formula is C16H23N3O7. The van der Waals surface area contributed by atoms with E-state index >= 15 is 0 Å². The molecule has 0 bridgehead atoms. The number of piperidine rings is 1. The van der Waals surface area contributed by atoms with Crippen LogP contribution in [0.3, 0.4) is 0 Å². The molecule has 2 saturated heterocycles. The van der Waals surface area contributed by atoms with Crippen molar-refractivity contribution in [2.75, 3.05) is 19.7 Å². The summed E-state index contributed by atoms with van der Waals surface area (Å²) in [5.74, 6) is -0.270. The van der Waals surface area contributed by atoms with Gasteiger partial charge in [0, 0.05) is 25.7 Å². The number of amides is 1. The first-order valence-corrected chi connectivity index (χ1v) is 8.22. The number of carboxylic acid groups (broad SMARTS) is 1. The molecule has 1 spiro atoms. The molecule has 3 heterocycles. The predicted molar refractivity (Wildman–Crippen MR) is 88.6 cm³/mol. The van der Waals surface area contributed by atoms with E-state index < -0.39 is 17.3 Å². The molecule has 1 aromatic heterocycles. The van der Waals surface area contributed by atoms with Gasteiger partial charge in [0.1, 0.15) is 17.4 Å². The third-order valence-electron chi connectivity index (χ3n) is 4.87.